The molecule has 5 heteroatoms. The number of hydrogen-bond acceptors (Lipinski definition) is 4. The number of nitriles is 1. The summed E-state index contributed by atoms with van der Waals surface area (Å²) in [5, 5.41) is 24.7. The predicted molar refractivity (Wildman–Crippen MR) is 54.1 cm³/mol. The van der Waals surface area contributed by atoms with Crippen LogP contribution >= 0.6 is 0 Å². The molecule has 0 amide bonds. The Kier molecular flexibility index (Phi) is 6.20. The molecule has 0 heterocycles. The number of ether oxygens (including phenoxy) is 1. The van der Waals surface area contributed by atoms with Crippen LogP contribution in [0.2, 0.25) is 0 Å². The van der Waals surface area contributed by atoms with Crippen molar-refractivity contribution in [3.63, 3.8) is 0 Å². The molecule has 0 bridgehead atoms. The molecule has 0 fully saturated rings. The van der Waals surface area contributed by atoms with Gasteiger partial charge in [0.2, 0.25) is 0 Å². The maximum absolute atomic E-state index is 8.70. The van der Waals surface area contributed by atoms with E-state index in [-0.39, 0.29) is 0 Å². The minimum atomic E-state index is -1.40. The fraction of sp³-hybridized carbons (Fsp3) is 0.222. The second kappa shape index (κ2) is 6.95. The number of hydrogen-bond donors (Lipinski definition) is 2. The Hall–Kier alpha value is -1.51. The minimum Gasteiger partial charge on any atom is -0.497 e. The first-order valence-electron chi connectivity index (χ1n) is 3.96. The van der Waals surface area contributed by atoms with Gasteiger partial charge in [-0.15, -0.1) is 0 Å². The van der Waals surface area contributed by atoms with E-state index in [9.17, 15) is 0 Å². The van der Waals surface area contributed by atoms with Crippen LogP contribution in [-0.4, -0.2) is 24.3 Å². The Labute approximate surface area is 83.5 Å². The lowest BCUT2D eigenvalue weighted by Gasteiger charge is -2.00. The van der Waals surface area contributed by atoms with Gasteiger partial charge in [0.25, 0.3) is 0 Å². The summed E-state index contributed by atoms with van der Waals surface area (Å²) in [6.45, 7) is 1.43. The summed E-state index contributed by atoms with van der Waals surface area (Å²) in [6, 6.07) is 8.30. The molecule has 0 aliphatic heterocycles. The summed E-state index contributed by atoms with van der Waals surface area (Å²) >= 11 is 0. The van der Waals surface area contributed by atoms with E-state index in [1.54, 1.807) is 37.4 Å². The first kappa shape index (κ1) is 12.5. The molecular formula is C9H12BNO3. The van der Waals surface area contributed by atoms with Gasteiger partial charge in [0.1, 0.15) is 5.75 Å². The van der Waals surface area contributed by atoms with Crippen molar-refractivity contribution in [3.05, 3.63) is 24.3 Å². The van der Waals surface area contributed by atoms with Gasteiger partial charge in [0.15, 0.2) is 0 Å². The summed E-state index contributed by atoms with van der Waals surface area (Å²) < 4.78 is 4.89. The van der Waals surface area contributed by atoms with E-state index in [0.29, 0.717) is 11.2 Å². The highest BCUT2D eigenvalue weighted by Gasteiger charge is 2.09. The lowest BCUT2D eigenvalue weighted by molar-refractivity contribution is 0.414. The van der Waals surface area contributed by atoms with Crippen LogP contribution in [0.3, 0.4) is 0 Å². The number of methoxy groups -OCH3 is 1. The van der Waals surface area contributed by atoms with Crippen LogP contribution in [-0.2, 0) is 0 Å². The van der Waals surface area contributed by atoms with Crippen LogP contribution in [0.5, 0.6) is 5.75 Å². The summed E-state index contributed by atoms with van der Waals surface area (Å²) in [4.78, 5) is 0. The average Bonchev–Trinajstić information content (AvgIpc) is 2.19. The zero-order valence-corrected chi connectivity index (χ0v) is 8.14. The molecular weight excluding hydrogens is 181 g/mol. The van der Waals surface area contributed by atoms with Crippen molar-refractivity contribution in [3.8, 4) is 11.8 Å². The Morgan fingerprint density at radius 2 is 1.71 bits per heavy atom. The second-order valence-electron chi connectivity index (χ2n) is 2.37. The molecule has 0 spiro atoms. The second-order valence-corrected chi connectivity index (χ2v) is 2.37. The van der Waals surface area contributed by atoms with Gasteiger partial charge in [-0.2, -0.15) is 5.26 Å². The van der Waals surface area contributed by atoms with Gasteiger partial charge in [-0.1, -0.05) is 12.1 Å². The zero-order chi connectivity index (χ0) is 11.0. The smallest absolute Gasteiger partial charge is 0.488 e. The van der Waals surface area contributed by atoms with E-state index in [1.807, 2.05) is 0 Å². The largest absolute Gasteiger partial charge is 0.497 e. The quantitative estimate of drug-likeness (QED) is 0.643. The summed E-state index contributed by atoms with van der Waals surface area (Å²) in [5.41, 5.74) is 0.464. The Morgan fingerprint density at radius 1 is 1.29 bits per heavy atom. The average molecular weight is 193 g/mol. The van der Waals surface area contributed by atoms with Crippen LogP contribution in [0, 0.1) is 11.3 Å². The summed E-state index contributed by atoms with van der Waals surface area (Å²) in [5.74, 6) is 0.703. The lowest BCUT2D eigenvalue weighted by Crippen LogP contribution is -2.29. The van der Waals surface area contributed by atoms with E-state index < -0.39 is 7.12 Å². The molecule has 2 N–H and O–H groups in total. The number of benzene rings is 1. The minimum absolute atomic E-state index is 0.464. The molecule has 1 aromatic rings. The van der Waals surface area contributed by atoms with E-state index in [1.165, 1.54) is 6.92 Å². The van der Waals surface area contributed by atoms with Crippen molar-refractivity contribution in [2.75, 3.05) is 7.11 Å². The third-order valence-electron chi connectivity index (χ3n) is 1.41. The van der Waals surface area contributed by atoms with Gasteiger partial charge in [0, 0.05) is 6.92 Å². The van der Waals surface area contributed by atoms with Gasteiger partial charge >= 0.3 is 7.12 Å². The SMILES string of the molecule is CC#N.COc1ccc(B(O)O)cc1. The van der Waals surface area contributed by atoms with Crippen LogP contribution in [0.15, 0.2) is 24.3 Å². The molecule has 0 aliphatic rings. The van der Waals surface area contributed by atoms with E-state index in [4.69, 9.17) is 20.0 Å². The van der Waals surface area contributed by atoms with Gasteiger partial charge in [-0.25, -0.2) is 0 Å². The van der Waals surface area contributed by atoms with Crippen molar-refractivity contribution >= 4 is 12.6 Å². The summed E-state index contributed by atoms with van der Waals surface area (Å²) in [7, 11) is 0.158. The fourth-order valence-corrected chi connectivity index (χ4v) is 0.776. The van der Waals surface area contributed by atoms with Gasteiger partial charge < -0.3 is 14.8 Å². The molecule has 0 unspecified atom stereocenters. The zero-order valence-electron chi connectivity index (χ0n) is 8.14. The fourth-order valence-electron chi connectivity index (χ4n) is 0.776. The van der Waals surface area contributed by atoms with Crippen molar-refractivity contribution < 1.29 is 14.8 Å². The van der Waals surface area contributed by atoms with Gasteiger partial charge in [0.05, 0.1) is 13.2 Å². The van der Waals surface area contributed by atoms with Crippen LogP contribution in [0.1, 0.15) is 6.92 Å². The van der Waals surface area contributed by atoms with Crippen LogP contribution in [0.4, 0.5) is 0 Å². The van der Waals surface area contributed by atoms with Crippen LogP contribution in [0.25, 0.3) is 0 Å². The highest BCUT2D eigenvalue weighted by atomic mass is 16.5. The monoisotopic (exact) mass is 193 g/mol. The van der Waals surface area contributed by atoms with Gasteiger partial charge in [-0.3, -0.25) is 0 Å². The highest BCUT2D eigenvalue weighted by Crippen LogP contribution is 2.05. The Bertz CT molecular complexity index is 292. The molecule has 0 saturated carbocycles. The van der Waals surface area contributed by atoms with E-state index in [2.05, 4.69) is 0 Å². The molecule has 0 atom stereocenters. The molecule has 1 aromatic carbocycles. The van der Waals surface area contributed by atoms with E-state index in [0.717, 1.165) is 0 Å². The Morgan fingerprint density at radius 3 is 2.00 bits per heavy atom. The molecule has 0 aliphatic carbocycles. The normalized spacial score (nSPS) is 7.93. The van der Waals surface area contributed by atoms with E-state index >= 15 is 0 Å². The lowest BCUT2D eigenvalue weighted by atomic mass is 9.80. The third kappa shape index (κ3) is 4.50. The van der Waals surface area contributed by atoms with Crippen LogP contribution < -0.4 is 10.2 Å². The van der Waals surface area contributed by atoms with Crippen molar-refractivity contribution in [1.29, 1.82) is 5.26 Å². The molecule has 0 aromatic heterocycles. The van der Waals surface area contributed by atoms with Gasteiger partial charge in [-0.05, 0) is 17.6 Å². The molecule has 14 heavy (non-hydrogen) atoms. The molecule has 74 valence electrons. The van der Waals surface area contributed by atoms with Crippen molar-refractivity contribution in [2.45, 2.75) is 6.92 Å². The molecule has 0 saturated heterocycles. The van der Waals surface area contributed by atoms with Crippen molar-refractivity contribution in [2.24, 2.45) is 0 Å². The maximum atomic E-state index is 8.70. The Balaban J connectivity index is 0.000000500. The summed E-state index contributed by atoms with van der Waals surface area (Å²) in [6.07, 6.45) is 0. The molecule has 1 rings (SSSR count). The first-order valence-corrected chi connectivity index (χ1v) is 3.96. The van der Waals surface area contributed by atoms with Crippen molar-refractivity contribution in [1.82, 2.24) is 0 Å². The standard InChI is InChI=1S/C7H9BO3.C2H3N/c1-11-7-4-2-6(3-5-7)8(9)10;1-2-3/h2-5,9-10H,1H3;1H3. The third-order valence-corrected chi connectivity index (χ3v) is 1.41. The predicted octanol–water partition coefficient (Wildman–Crippen LogP) is -0.0951. The first-order chi connectivity index (χ1) is 6.65. The highest BCUT2D eigenvalue weighted by molar-refractivity contribution is 6.58. The topological polar surface area (TPSA) is 73.5 Å². The number of nitrogens with zero attached hydrogens (tertiary/aromatic N) is 1. The molecule has 0 radical (unpaired) electrons. The maximum Gasteiger partial charge on any atom is 0.488 e. The number of rotatable bonds is 2. The molecule has 4 nitrogen and oxygen atoms in total.